The van der Waals surface area contributed by atoms with Gasteiger partial charge in [-0.25, -0.2) is 0 Å². The lowest BCUT2D eigenvalue weighted by Gasteiger charge is -2.14. The molecule has 0 heterocycles. The molecular weight excluding hydrogens is 264 g/mol. The molecule has 120 valence electrons. The van der Waals surface area contributed by atoms with Crippen molar-refractivity contribution in [1.82, 2.24) is 0 Å². The standard InChI is InChI=1S/C16H26O.C2H4O2/c1-6-12(2)8-7-9-15-13(3)10-11-16(17-5)14(15)4;1-4-2-3/h10-12H,6-9H2,1-5H3;2H,1H3. The monoisotopic (exact) mass is 294 g/mol. The number of hydrogen-bond acceptors (Lipinski definition) is 3. The van der Waals surface area contributed by atoms with Crippen molar-refractivity contribution < 1.29 is 14.3 Å². The molecule has 0 saturated carbocycles. The van der Waals surface area contributed by atoms with Crippen LogP contribution in [0, 0.1) is 19.8 Å². The van der Waals surface area contributed by atoms with Crippen LogP contribution in [0.5, 0.6) is 5.75 Å². The number of ether oxygens (including phenoxy) is 2. The topological polar surface area (TPSA) is 35.5 Å². The molecule has 0 radical (unpaired) electrons. The molecule has 1 rings (SSSR count). The highest BCUT2D eigenvalue weighted by atomic mass is 16.5. The van der Waals surface area contributed by atoms with Gasteiger partial charge in [0.05, 0.1) is 14.2 Å². The maximum atomic E-state index is 8.95. The first-order valence-electron chi connectivity index (χ1n) is 7.61. The molecule has 3 nitrogen and oxygen atoms in total. The molecule has 0 aliphatic rings. The second-order valence-electron chi connectivity index (χ2n) is 5.43. The van der Waals surface area contributed by atoms with Crippen LogP contribution in [0.4, 0.5) is 0 Å². The minimum Gasteiger partial charge on any atom is -0.496 e. The number of rotatable bonds is 7. The van der Waals surface area contributed by atoms with Crippen molar-refractivity contribution in [3.63, 3.8) is 0 Å². The van der Waals surface area contributed by atoms with Crippen LogP contribution in [0.2, 0.25) is 0 Å². The van der Waals surface area contributed by atoms with E-state index in [9.17, 15) is 0 Å². The van der Waals surface area contributed by atoms with E-state index in [1.165, 1.54) is 49.5 Å². The third-order valence-corrected chi connectivity index (χ3v) is 3.92. The summed E-state index contributed by atoms with van der Waals surface area (Å²) in [6, 6.07) is 4.24. The highest BCUT2D eigenvalue weighted by Crippen LogP contribution is 2.26. The molecule has 0 aromatic heterocycles. The largest absolute Gasteiger partial charge is 0.496 e. The summed E-state index contributed by atoms with van der Waals surface area (Å²) in [6.07, 6.45) is 5.08. The number of benzene rings is 1. The van der Waals surface area contributed by atoms with Gasteiger partial charge in [-0.05, 0) is 55.4 Å². The number of methoxy groups -OCH3 is 2. The van der Waals surface area contributed by atoms with E-state index in [1.807, 2.05) is 0 Å². The minimum absolute atomic E-state index is 0.375. The summed E-state index contributed by atoms with van der Waals surface area (Å²) < 4.78 is 9.25. The lowest BCUT2D eigenvalue weighted by molar-refractivity contribution is -0.126. The third kappa shape index (κ3) is 7.16. The van der Waals surface area contributed by atoms with Crippen molar-refractivity contribution >= 4 is 6.47 Å². The Morgan fingerprint density at radius 3 is 2.33 bits per heavy atom. The Labute approximate surface area is 129 Å². The van der Waals surface area contributed by atoms with Crippen molar-refractivity contribution in [1.29, 1.82) is 0 Å². The van der Waals surface area contributed by atoms with Crippen molar-refractivity contribution in [2.75, 3.05) is 14.2 Å². The van der Waals surface area contributed by atoms with Gasteiger partial charge in [0.1, 0.15) is 5.75 Å². The summed E-state index contributed by atoms with van der Waals surface area (Å²) in [5, 5.41) is 0. The van der Waals surface area contributed by atoms with Gasteiger partial charge in [-0.15, -0.1) is 0 Å². The molecule has 0 aliphatic carbocycles. The fraction of sp³-hybridized carbons (Fsp3) is 0.611. The number of aryl methyl sites for hydroxylation is 1. The lowest BCUT2D eigenvalue weighted by Crippen LogP contribution is -1.99. The molecule has 0 bridgehead atoms. The summed E-state index contributed by atoms with van der Waals surface area (Å²) in [6.45, 7) is 9.35. The van der Waals surface area contributed by atoms with Crippen LogP contribution in [-0.2, 0) is 16.0 Å². The highest BCUT2D eigenvalue weighted by Gasteiger charge is 2.08. The minimum atomic E-state index is 0.375. The smallest absolute Gasteiger partial charge is 0.292 e. The van der Waals surface area contributed by atoms with Crippen molar-refractivity contribution in [3.05, 3.63) is 28.8 Å². The van der Waals surface area contributed by atoms with Crippen LogP contribution in [0.15, 0.2) is 12.1 Å². The normalized spacial score (nSPS) is 11.1. The second kappa shape index (κ2) is 11.2. The summed E-state index contributed by atoms with van der Waals surface area (Å²) >= 11 is 0. The Bertz CT molecular complexity index is 413. The molecule has 0 aliphatic heterocycles. The summed E-state index contributed by atoms with van der Waals surface area (Å²) in [5.74, 6) is 1.87. The van der Waals surface area contributed by atoms with Gasteiger partial charge >= 0.3 is 0 Å². The van der Waals surface area contributed by atoms with Crippen molar-refractivity contribution in [3.8, 4) is 5.75 Å². The van der Waals surface area contributed by atoms with Gasteiger partial charge in [-0.2, -0.15) is 0 Å². The van der Waals surface area contributed by atoms with Crippen LogP contribution >= 0.6 is 0 Å². The highest BCUT2D eigenvalue weighted by molar-refractivity contribution is 5.43. The van der Waals surface area contributed by atoms with E-state index in [-0.39, 0.29) is 0 Å². The quantitative estimate of drug-likeness (QED) is 0.696. The van der Waals surface area contributed by atoms with Gasteiger partial charge in [0.25, 0.3) is 6.47 Å². The van der Waals surface area contributed by atoms with E-state index in [0.717, 1.165) is 11.7 Å². The van der Waals surface area contributed by atoms with Crippen molar-refractivity contribution in [2.45, 2.75) is 53.4 Å². The molecule has 1 atom stereocenters. The Hall–Kier alpha value is -1.51. The first kappa shape index (κ1) is 19.5. The average Bonchev–Trinajstić information content (AvgIpc) is 2.50. The van der Waals surface area contributed by atoms with E-state index in [2.05, 4.69) is 44.6 Å². The molecule has 21 heavy (non-hydrogen) atoms. The van der Waals surface area contributed by atoms with Crippen LogP contribution in [-0.4, -0.2) is 20.7 Å². The summed E-state index contributed by atoms with van der Waals surface area (Å²) in [5.41, 5.74) is 4.19. The summed E-state index contributed by atoms with van der Waals surface area (Å²) in [7, 11) is 3.06. The van der Waals surface area contributed by atoms with Gasteiger partial charge in [-0.1, -0.05) is 32.8 Å². The Kier molecular flexibility index (Phi) is 10.4. The Morgan fingerprint density at radius 2 is 1.86 bits per heavy atom. The molecule has 1 aromatic carbocycles. The lowest BCUT2D eigenvalue weighted by atomic mass is 9.94. The molecule has 0 spiro atoms. The molecule has 0 saturated heterocycles. The molecule has 1 aromatic rings. The maximum absolute atomic E-state index is 8.95. The zero-order chi connectivity index (χ0) is 16.3. The predicted octanol–water partition coefficient (Wildman–Crippen LogP) is 4.47. The van der Waals surface area contributed by atoms with Crippen LogP contribution < -0.4 is 4.74 Å². The van der Waals surface area contributed by atoms with Crippen LogP contribution in [0.3, 0.4) is 0 Å². The van der Waals surface area contributed by atoms with Gasteiger partial charge in [-0.3, -0.25) is 4.79 Å². The first-order chi connectivity index (χ1) is 10.0. The number of hydrogen-bond donors (Lipinski definition) is 0. The van der Waals surface area contributed by atoms with Gasteiger partial charge < -0.3 is 9.47 Å². The molecule has 1 unspecified atom stereocenters. The van der Waals surface area contributed by atoms with Gasteiger partial charge in [0.2, 0.25) is 0 Å². The predicted molar refractivity (Wildman–Crippen MR) is 87.9 cm³/mol. The molecule has 0 amide bonds. The van der Waals surface area contributed by atoms with E-state index in [4.69, 9.17) is 9.53 Å². The van der Waals surface area contributed by atoms with Gasteiger partial charge in [0, 0.05) is 0 Å². The zero-order valence-corrected chi connectivity index (χ0v) is 14.4. The van der Waals surface area contributed by atoms with Crippen LogP contribution in [0.25, 0.3) is 0 Å². The SMILES string of the molecule is CCC(C)CCCc1c(C)ccc(OC)c1C.COC=O. The maximum Gasteiger partial charge on any atom is 0.292 e. The van der Waals surface area contributed by atoms with Crippen molar-refractivity contribution in [2.24, 2.45) is 5.92 Å². The molecule has 0 N–H and O–H groups in total. The first-order valence-corrected chi connectivity index (χ1v) is 7.61. The fourth-order valence-electron chi connectivity index (χ4n) is 2.31. The van der Waals surface area contributed by atoms with E-state index in [1.54, 1.807) is 7.11 Å². The second-order valence-corrected chi connectivity index (χ2v) is 5.43. The van der Waals surface area contributed by atoms with E-state index < -0.39 is 0 Å². The fourth-order valence-corrected chi connectivity index (χ4v) is 2.31. The number of carbonyl (C=O) groups is 1. The Balaban J connectivity index is 0.000000885. The molecule has 3 heteroatoms. The average molecular weight is 294 g/mol. The number of carbonyl (C=O) groups excluding carboxylic acids is 1. The molecule has 0 fully saturated rings. The third-order valence-electron chi connectivity index (χ3n) is 3.92. The van der Waals surface area contributed by atoms with Gasteiger partial charge in [0.15, 0.2) is 0 Å². The summed E-state index contributed by atoms with van der Waals surface area (Å²) in [4.78, 5) is 8.95. The van der Waals surface area contributed by atoms with E-state index >= 15 is 0 Å². The zero-order valence-electron chi connectivity index (χ0n) is 14.4. The van der Waals surface area contributed by atoms with Crippen LogP contribution in [0.1, 0.15) is 49.8 Å². The Morgan fingerprint density at radius 1 is 1.24 bits per heavy atom. The molecular formula is C18H30O3. The van der Waals surface area contributed by atoms with E-state index in [0.29, 0.717) is 6.47 Å².